The number of carboxylic acid groups (broad SMARTS) is 1. The van der Waals surface area contributed by atoms with Gasteiger partial charge in [0.1, 0.15) is 0 Å². The van der Waals surface area contributed by atoms with Gasteiger partial charge in [-0.05, 0) is 26.0 Å². The maximum Gasteiger partial charge on any atom is 0.313 e. The molecule has 96 valence electrons. The van der Waals surface area contributed by atoms with Crippen molar-refractivity contribution in [2.24, 2.45) is 0 Å². The minimum absolute atomic E-state index is 0.00629. The zero-order valence-corrected chi connectivity index (χ0v) is 11.6. The van der Waals surface area contributed by atoms with Crippen LogP contribution in [-0.4, -0.2) is 26.4 Å². The van der Waals surface area contributed by atoms with Crippen molar-refractivity contribution in [1.29, 1.82) is 0 Å². The summed E-state index contributed by atoms with van der Waals surface area (Å²) in [5.41, 5.74) is 1.66. The number of aliphatic carboxylic acids is 1. The highest BCUT2D eigenvalue weighted by atomic mass is 35.5. The van der Waals surface area contributed by atoms with E-state index in [4.69, 9.17) is 16.7 Å². The lowest BCUT2D eigenvalue weighted by atomic mass is 10.3. The van der Waals surface area contributed by atoms with Crippen molar-refractivity contribution >= 4 is 40.4 Å². The number of carbonyl (C=O) groups is 1. The van der Waals surface area contributed by atoms with E-state index in [-0.39, 0.29) is 11.8 Å². The van der Waals surface area contributed by atoms with Crippen LogP contribution in [0.15, 0.2) is 23.4 Å². The van der Waals surface area contributed by atoms with Gasteiger partial charge in [-0.15, -0.1) is 0 Å². The molecule has 0 unspecified atom stereocenters. The molecule has 4 nitrogen and oxygen atoms in total. The lowest BCUT2D eigenvalue weighted by Gasteiger charge is -2.12. The standard InChI is InChI=1S/C12H13ClN2O2S/c1-7(2)15-11-8(13)4-3-5-9(11)14-12(15)18-6-10(16)17/h3-5,7H,6H2,1-2H3,(H,16,17). The van der Waals surface area contributed by atoms with Gasteiger partial charge in [0, 0.05) is 6.04 Å². The van der Waals surface area contributed by atoms with Crippen molar-refractivity contribution in [1.82, 2.24) is 9.55 Å². The number of aromatic nitrogens is 2. The summed E-state index contributed by atoms with van der Waals surface area (Å²) in [6.07, 6.45) is 0. The number of halogens is 1. The van der Waals surface area contributed by atoms with Gasteiger partial charge in [0.15, 0.2) is 5.16 Å². The first-order valence-corrected chi connectivity index (χ1v) is 6.88. The molecule has 2 rings (SSSR count). The zero-order chi connectivity index (χ0) is 13.3. The molecule has 1 aromatic carbocycles. The average Bonchev–Trinajstić information content (AvgIpc) is 2.66. The van der Waals surface area contributed by atoms with Gasteiger partial charge in [-0.3, -0.25) is 4.79 Å². The van der Waals surface area contributed by atoms with Crippen LogP contribution in [0.3, 0.4) is 0 Å². The molecule has 0 fully saturated rings. The monoisotopic (exact) mass is 284 g/mol. The van der Waals surface area contributed by atoms with E-state index in [2.05, 4.69) is 4.98 Å². The Kier molecular flexibility index (Phi) is 3.82. The van der Waals surface area contributed by atoms with Crippen molar-refractivity contribution in [2.75, 3.05) is 5.75 Å². The largest absolute Gasteiger partial charge is 0.481 e. The highest BCUT2D eigenvalue weighted by molar-refractivity contribution is 7.99. The smallest absolute Gasteiger partial charge is 0.313 e. The van der Waals surface area contributed by atoms with Gasteiger partial charge in [0.05, 0.1) is 21.8 Å². The second-order valence-electron chi connectivity index (χ2n) is 4.15. The Hall–Kier alpha value is -1.20. The van der Waals surface area contributed by atoms with E-state index >= 15 is 0 Å². The van der Waals surface area contributed by atoms with Gasteiger partial charge in [0.25, 0.3) is 0 Å². The molecule has 0 bridgehead atoms. The van der Waals surface area contributed by atoms with Crippen molar-refractivity contribution in [2.45, 2.75) is 25.0 Å². The molecule has 18 heavy (non-hydrogen) atoms. The lowest BCUT2D eigenvalue weighted by molar-refractivity contribution is -0.133. The molecule has 0 aliphatic heterocycles. The number of thioether (sulfide) groups is 1. The number of hydrogen-bond donors (Lipinski definition) is 1. The fourth-order valence-electron chi connectivity index (χ4n) is 1.79. The predicted molar refractivity (Wildman–Crippen MR) is 73.5 cm³/mol. The quantitative estimate of drug-likeness (QED) is 0.874. The average molecular weight is 285 g/mol. The summed E-state index contributed by atoms with van der Waals surface area (Å²) in [6.45, 7) is 4.05. The molecule has 0 radical (unpaired) electrons. The summed E-state index contributed by atoms with van der Waals surface area (Å²) in [6, 6.07) is 5.71. The van der Waals surface area contributed by atoms with E-state index in [9.17, 15) is 4.79 Å². The summed E-state index contributed by atoms with van der Waals surface area (Å²) in [5.74, 6) is -0.860. The molecule has 0 aliphatic rings. The number of fused-ring (bicyclic) bond motifs is 1. The van der Waals surface area contributed by atoms with Crippen LogP contribution >= 0.6 is 23.4 Å². The summed E-state index contributed by atoms with van der Waals surface area (Å²) in [7, 11) is 0. The Labute approximate surface area is 114 Å². The molecule has 0 saturated carbocycles. The number of benzene rings is 1. The molecular formula is C12H13ClN2O2S. The molecule has 1 N–H and O–H groups in total. The fraction of sp³-hybridized carbons (Fsp3) is 0.333. The van der Waals surface area contributed by atoms with Crippen LogP contribution in [-0.2, 0) is 4.79 Å². The second kappa shape index (κ2) is 5.20. The van der Waals surface area contributed by atoms with Gasteiger partial charge in [-0.1, -0.05) is 29.4 Å². The Balaban J connectivity index is 2.55. The second-order valence-corrected chi connectivity index (χ2v) is 5.50. The van der Waals surface area contributed by atoms with Gasteiger partial charge >= 0.3 is 5.97 Å². The Morgan fingerprint density at radius 3 is 2.89 bits per heavy atom. The summed E-state index contributed by atoms with van der Waals surface area (Å²) < 4.78 is 1.98. The summed E-state index contributed by atoms with van der Waals surface area (Å²) >= 11 is 7.41. The van der Waals surface area contributed by atoms with Gasteiger partial charge in [-0.2, -0.15) is 0 Å². The van der Waals surface area contributed by atoms with Crippen LogP contribution in [0.25, 0.3) is 11.0 Å². The van der Waals surface area contributed by atoms with Crippen LogP contribution in [0.4, 0.5) is 0 Å². The summed E-state index contributed by atoms with van der Waals surface area (Å²) in [4.78, 5) is 15.1. The number of hydrogen-bond acceptors (Lipinski definition) is 3. The Morgan fingerprint density at radius 1 is 1.56 bits per heavy atom. The van der Waals surface area contributed by atoms with Crippen molar-refractivity contribution in [3.05, 3.63) is 23.2 Å². The van der Waals surface area contributed by atoms with E-state index in [0.717, 1.165) is 11.0 Å². The van der Waals surface area contributed by atoms with Crippen LogP contribution in [0.1, 0.15) is 19.9 Å². The van der Waals surface area contributed by atoms with E-state index in [1.54, 1.807) is 0 Å². The minimum Gasteiger partial charge on any atom is -0.481 e. The van der Waals surface area contributed by atoms with Crippen LogP contribution in [0, 0.1) is 0 Å². The molecule has 0 spiro atoms. The molecule has 0 saturated heterocycles. The molecular weight excluding hydrogens is 272 g/mol. The lowest BCUT2D eigenvalue weighted by Crippen LogP contribution is -2.05. The van der Waals surface area contributed by atoms with E-state index in [1.807, 2.05) is 36.6 Å². The highest BCUT2D eigenvalue weighted by Crippen LogP contribution is 2.31. The molecule has 2 aromatic rings. The summed E-state index contributed by atoms with van der Waals surface area (Å²) in [5, 5.41) is 10.1. The first kappa shape index (κ1) is 13.2. The SMILES string of the molecule is CC(C)n1c(SCC(=O)O)nc2cccc(Cl)c21. The van der Waals surface area contributed by atoms with Crippen LogP contribution in [0.2, 0.25) is 5.02 Å². The maximum absolute atomic E-state index is 10.7. The van der Waals surface area contributed by atoms with Crippen molar-refractivity contribution in [3.63, 3.8) is 0 Å². The van der Waals surface area contributed by atoms with Gasteiger partial charge < -0.3 is 9.67 Å². The predicted octanol–water partition coefficient (Wildman–Crippen LogP) is 3.45. The topological polar surface area (TPSA) is 55.1 Å². The fourth-order valence-corrected chi connectivity index (χ4v) is 2.91. The van der Waals surface area contributed by atoms with Gasteiger partial charge in [-0.25, -0.2) is 4.98 Å². The molecule has 6 heteroatoms. The molecule has 1 heterocycles. The van der Waals surface area contributed by atoms with Crippen LogP contribution < -0.4 is 0 Å². The van der Waals surface area contributed by atoms with E-state index in [1.165, 1.54) is 11.8 Å². The van der Waals surface area contributed by atoms with Crippen molar-refractivity contribution in [3.8, 4) is 0 Å². The number of rotatable bonds is 4. The number of para-hydroxylation sites is 1. The third kappa shape index (κ3) is 2.47. The third-order valence-electron chi connectivity index (χ3n) is 2.47. The first-order chi connectivity index (χ1) is 8.50. The Morgan fingerprint density at radius 2 is 2.28 bits per heavy atom. The molecule has 0 amide bonds. The van der Waals surface area contributed by atoms with Crippen LogP contribution in [0.5, 0.6) is 0 Å². The number of nitrogens with zero attached hydrogens (tertiary/aromatic N) is 2. The number of imidazole rings is 1. The molecule has 0 atom stereocenters. The molecule has 1 aromatic heterocycles. The Bertz CT molecular complexity index is 595. The molecule has 0 aliphatic carbocycles. The van der Waals surface area contributed by atoms with Gasteiger partial charge in [0.2, 0.25) is 0 Å². The third-order valence-corrected chi connectivity index (χ3v) is 3.71. The van der Waals surface area contributed by atoms with E-state index < -0.39 is 5.97 Å². The highest BCUT2D eigenvalue weighted by Gasteiger charge is 2.16. The minimum atomic E-state index is -0.853. The maximum atomic E-state index is 10.7. The zero-order valence-electron chi connectivity index (χ0n) is 10.1. The first-order valence-electron chi connectivity index (χ1n) is 5.51. The van der Waals surface area contributed by atoms with Crippen molar-refractivity contribution < 1.29 is 9.90 Å². The normalized spacial score (nSPS) is 11.3. The number of carboxylic acids is 1. The van der Waals surface area contributed by atoms with E-state index in [0.29, 0.717) is 10.2 Å².